The first kappa shape index (κ1) is 16.5. The van der Waals surface area contributed by atoms with Gasteiger partial charge in [0, 0.05) is 19.3 Å². The number of nitrogens with one attached hydrogen (secondary N) is 1. The van der Waals surface area contributed by atoms with Crippen LogP contribution in [-0.2, 0) is 4.74 Å². The smallest absolute Gasteiger partial charge is 0.251 e. The van der Waals surface area contributed by atoms with E-state index < -0.39 is 0 Å². The van der Waals surface area contributed by atoms with Crippen molar-refractivity contribution in [2.45, 2.75) is 25.8 Å². The predicted molar refractivity (Wildman–Crippen MR) is 77.1 cm³/mol. The molecule has 0 spiro atoms. The molecular weight excluding hydrogens is 258 g/mol. The van der Waals surface area contributed by atoms with Crippen molar-refractivity contribution in [1.82, 2.24) is 5.32 Å². The summed E-state index contributed by atoms with van der Waals surface area (Å²) in [6, 6.07) is 6.87. The molecule has 0 aliphatic rings. The number of methoxy groups -OCH3 is 1. The molecule has 0 bridgehead atoms. The second kappa shape index (κ2) is 9.34. The number of aliphatic hydroxyl groups is 1. The molecule has 0 radical (unpaired) electrons. The number of hydrogen-bond donors (Lipinski definition) is 2. The largest absolute Gasteiger partial charge is 0.494 e. The van der Waals surface area contributed by atoms with E-state index in [0.717, 1.165) is 6.42 Å². The molecule has 112 valence electrons. The summed E-state index contributed by atoms with van der Waals surface area (Å²) < 4.78 is 10.5. The number of carbonyl (C=O) groups excluding carboxylic acids is 1. The Hall–Kier alpha value is -1.59. The van der Waals surface area contributed by atoms with Crippen LogP contribution in [0.4, 0.5) is 0 Å². The van der Waals surface area contributed by atoms with Crippen molar-refractivity contribution in [3.8, 4) is 5.75 Å². The fraction of sp³-hybridized carbons (Fsp3) is 0.533. The summed E-state index contributed by atoms with van der Waals surface area (Å²) in [6.45, 7) is 3.04. The summed E-state index contributed by atoms with van der Waals surface area (Å²) in [5, 5.41) is 11.8. The van der Waals surface area contributed by atoms with Gasteiger partial charge in [0.1, 0.15) is 5.75 Å². The summed E-state index contributed by atoms with van der Waals surface area (Å²) in [5.41, 5.74) is 0.539. The van der Waals surface area contributed by atoms with Crippen molar-refractivity contribution in [2.24, 2.45) is 0 Å². The molecule has 1 atom stereocenters. The molecular formula is C15H23NO4. The average Bonchev–Trinajstić information content (AvgIpc) is 2.46. The van der Waals surface area contributed by atoms with Crippen LogP contribution in [0.2, 0.25) is 0 Å². The molecule has 0 aliphatic carbocycles. The van der Waals surface area contributed by atoms with Crippen LogP contribution in [0, 0.1) is 0 Å². The minimum atomic E-state index is -0.197. The zero-order chi connectivity index (χ0) is 14.8. The Morgan fingerprint density at radius 3 is 2.90 bits per heavy atom. The minimum Gasteiger partial charge on any atom is -0.494 e. The highest BCUT2D eigenvalue weighted by molar-refractivity contribution is 5.94. The van der Waals surface area contributed by atoms with Crippen molar-refractivity contribution in [3.63, 3.8) is 0 Å². The molecule has 5 nitrogen and oxygen atoms in total. The molecule has 2 N–H and O–H groups in total. The fourth-order valence-corrected chi connectivity index (χ4v) is 1.77. The quantitative estimate of drug-likeness (QED) is 0.721. The highest BCUT2D eigenvalue weighted by atomic mass is 16.5. The lowest BCUT2D eigenvalue weighted by atomic mass is 10.1. The topological polar surface area (TPSA) is 67.8 Å². The van der Waals surface area contributed by atoms with Crippen LogP contribution in [0.15, 0.2) is 24.3 Å². The van der Waals surface area contributed by atoms with E-state index in [1.54, 1.807) is 25.3 Å². The van der Waals surface area contributed by atoms with Gasteiger partial charge in [0.25, 0.3) is 5.91 Å². The van der Waals surface area contributed by atoms with Gasteiger partial charge in [-0.1, -0.05) is 13.0 Å². The highest BCUT2D eigenvalue weighted by Gasteiger charge is 2.13. The second-order valence-corrected chi connectivity index (χ2v) is 4.51. The molecule has 0 aliphatic heterocycles. The molecule has 1 aromatic carbocycles. The molecule has 0 saturated heterocycles. The number of amides is 1. The van der Waals surface area contributed by atoms with Crippen LogP contribution in [-0.4, -0.2) is 44.0 Å². The van der Waals surface area contributed by atoms with Crippen molar-refractivity contribution >= 4 is 5.91 Å². The summed E-state index contributed by atoms with van der Waals surface area (Å²) in [5.74, 6) is 0.493. The van der Waals surface area contributed by atoms with Gasteiger partial charge < -0.3 is 19.9 Å². The van der Waals surface area contributed by atoms with Gasteiger partial charge in [0.2, 0.25) is 0 Å². The Morgan fingerprint density at radius 2 is 2.25 bits per heavy atom. The van der Waals surface area contributed by atoms with E-state index in [1.807, 2.05) is 13.0 Å². The van der Waals surface area contributed by atoms with Crippen LogP contribution in [0.25, 0.3) is 0 Å². The van der Waals surface area contributed by atoms with Crippen LogP contribution in [0.5, 0.6) is 5.75 Å². The standard InChI is InChI=1S/C15H23NO4/c1-3-9-20-14-6-4-5-12(10-14)15(18)16-13(7-8-17)11-19-2/h4-6,10,13,17H,3,7-9,11H2,1-2H3,(H,16,18). The molecule has 1 aromatic rings. The maximum atomic E-state index is 12.1. The molecule has 20 heavy (non-hydrogen) atoms. The van der Waals surface area contributed by atoms with Crippen molar-refractivity contribution in [3.05, 3.63) is 29.8 Å². The third-order valence-corrected chi connectivity index (χ3v) is 2.75. The Bertz CT molecular complexity index is 403. The van der Waals surface area contributed by atoms with Crippen LogP contribution in [0.1, 0.15) is 30.1 Å². The molecule has 1 unspecified atom stereocenters. The molecule has 0 heterocycles. The summed E-state index contributed by atoms with van der Waals surface area (Å²) in [6.07, 6.45) is 1.38. The van der Waals surface area contributed by atoms with Gasteiger partial charge in [0.15, 0.2) is 0 Å². The van der Waals surface area contributed by atoms with E-state index in [-0.39, 0.29) is 18.6 Å². The molecule has 0 fully saturated rings. The number of hydrogen-bond acceptors (Lipinski definition) is 4. The number of ether oxygens (including phenoxy) is 2. The van der Waals surface area contributed by atoms with E-state index >= 15 is 0 Å². The first-order chi connectivity index (χ1) is 9.71. The van der Waals surface area contributed by atoms with Gasteiger partial charge in [-0.05, 0) is 31.0 Å². The normalized spacial score (nSPS) is 11.9. The van der Waals surface area contributed by atoms with Crippen LogP contribution in [0.3, 0.4) is 0 Å². The van der Waals surface area contributed by atoms with Crippen molar-refractivity contribution < 1.29 is 19.4 Å². The molecule has 1 rings (SSSR count). The Labute approximate surface area is 119 Å². The number of rotatable bonds is 9. The van der Waals surface area contributed by atoms with Crippen LogP contribution < -0.4 is 10.1 Å². The van der Waals surface area contributed by atoms with E-state index in [2.05, 4.69) is 5.32 Å². The summed E-state index contributed by atoms with van der Waals surface area (Å²) in [4.78, 5) is 12.1. The van der Waals surface area contributed by atoms with Crippen molar-refractivity contribution in [2.75, 3.05) is 26.9 Å². The van der Waals surface area contributed by atoms with E-state index in [1.165, 1.54) is 0 Å². The van der Waals surface area contributed by atoms with Gasteiger partial charge in [-0.25, -0.2) is 0 Å². The molecule has 5 heteroatoms. The number of benzene rings is 1. The van der Waals surface area contributed by atoms with Gasteiger partial charge in [0.05, 0.1) is 19.3 Å². The maximum Gasteiger partial charge on any atom is 0.251 e. The third kappa shape index (κ3) is 5.59. The Morgan fingerprint density at radius 1 is 1.45 bits per heavy atom. The lowest BCUT2D eigenvalue weighted by molar-refractivity contribution is 0.0878. The molecule has 0 aromatic heterocycles. The third-order valence-electron chi connectivity index (χ3n) is 2.75. The van der Waals surface area contributed by atoms with E-state index in [9.17, 15) is 4.79 Å². The highest BCUT2D eigenvalue weighted by Crippen LogP contribution is 2.13. The number of aliphatic hydroxyl groups excluding tert-OH is 1. The van der Waals surface area contributed by atoms with Gasteiger partial charge in [-0.15, -0.1) is 0 Å². The van der Waals surface area contributed by atoms with E-state index in [4.69, 9.17) is 14.6 Å². The number of carbonyl (C=O) groups is 1. The minimum absolute atomic E-state index is 0.00789. The van der Waals surface area contributed by atoms with Crippen LogP contribution >= 0.6 is 0 Å². The van der Waals surface area contributed by atoms with Gasteiger partial charge >= 0.3 is 0 Å². The Kier molecular flexibility index (Phi) is 7.69. The summed E-state index contributed by atoms with van der Waals surface area (Å²) >= 11 is 0. The van der Waals surface area contributed by atoms with E-state index in [0.29, 0.717) is 30.9 Å². The lowest BCUT2D eigenvalue weighted by Crippen LogP contribution is -2.38. The maximum absolute atomic E-state index is 12.1. The molecule has 0 saturated carbocycles. The zero-order valence-electron chi connectivity index (χ0n) is 12.1. The van der Waals surface area contributed by atoms with Gasteiger partial charge in [-0.2, -0.15) is 0 Å². The zero-order valence-corrected chi connectivity index (χ0v) is 12.1. The SMILES string of the molecule is CCCOc1cccc(C(=O)NC(CCO)COC)c1. The Balaban J connectivity index is 2.65. The second-order valence-electron chi connectivity index (χ2n) is 4.51. The first-order valence-corrected chi connectivity index (χ1v) is 6.84. The van der Waals surface area contributed by atoms with Crippen molar-refractivity contribution in [1.29, 1.82) is 0 Å². The predicted octanol–water partition coefficient (Wildman–Crippen LogP) is 1.60. The first-order valence-electron chi connectivity index (χ1n) is 6.84. The fourth-order valence-electron chi connectivity index (χ4n) is 1.77. The summed E-state index contributed by atoms with van der Waals surface area (Å²) in [7, 11) is 1.57. The lowest BCUT2D eigenvalue weighted by Gasteiger charge is -2.17. The molecule has 1 amide bonds. The monoisotopic (exact) mass is 281 g/mol. The average molecular weight is 281 g/mol. The van der Waals surface area contributed by atoms with Gasteiger partial charge in [-0.3, -0.25) is 4.79 Å².